The molecular formula is C12H25NO2. The van der Waals surface area contributed by atoms with Gasteiger partial charge in [-0.25, -0.2) is 0 Å². The van der Waals surface area contributed by atoms with Gasteiger partial charge in [0.25, 0.3) is 0 Å². The van der Waals surface area contributed by atoms with E-state index in [9.17, 15) is 0 Å². The summed E-state index contributed by atoms with van der Waals surface area (Å²) in [6.07, 6.45) is 5.43. The third-order valence-corrected chi connectivity index (χ3v) is 3.19. The van der Waals surface area contributed by atoms with Gasteiger partial charge in [0, 0.05) is 6.54 Å². The number of aliphatic hydroxyl groups excluding tert-OH is 1. The molecule has 0 aromatic heterocycles. The van der Waals surface area contributed by atoms with E-state index < -0.39 is 0 Å². The Kier molecular flexibility index (Phi) is 6.98. The molecule has 0 unspecified atom stereocenters. The SMILES string of the molecule is CCCC1CCN(CCOCCO)CC1. The third kappa shape index (κ3) is 5.50. The van der Waals surface area contributed by atoms with E-state index in [1.165, 1.54) is 38.8 Å². The smallest absolute Gasteiger partial charge is 0.0698 e. The van der Waals surface area contributed by atoms with Crippen LogP contribution in [0.4, 0.5) is 0 Å². The summed E-state index contributed by atoms with van der Waals surface area (Å²) < 4.78 is 5.27. The number of piperidine rings is 1. The van der Waals surface area contributed by atoms with Gasteiger partial charge in [-0.15, -0.1) is 0 Å². The van der Waals surface area contributed by atoms with Gasteiger partial charge in [0.15, 0.2) is 0 Å². The monoisotopic (exact) mass is 215 g/mol. The second kappa shape index (κ2) is 8.08. The predicted molar refractivity (Wildman–Crippen MR) is 62.0 cm³/mol. The zero-order chi connectivity index (χ0) is 10.9. The average molecular weight is 215 g/mol. The molecule has 0 atom stereocenters. The highest BCUT2D eigenvalue weighted by Crippen LogP contribution is 2.21. The lowest BCUT2D eigenvalue weighted by Crippen LogP contribution is -2.36. The quantitative estimate of drug-likeness (QED) is 0.653. The van der Waals surface area contributed by atoms with Crippen LogP contribution in [0.25, 0.3) is 0 Å². The minimum atomic E-state index is 0.137. The molecular weight excluding hydrogens is 190 g/mol. The van der Waals surface area contributed by atoms with E-state index in [0.717, 1.165) is 19.1 Å². The maximum absolute atomic E-state index is 8.56. The lowest BCUT2D eigenvalue weighted by molar-refractivity contribution is 0.0643. The molecule has 1 N–H and O–H groups in total. The fourth-order valence-corrected chi connectivity index (χ4v) is 2.27. The zero-order valence-corrected chi connectivity index (χ0v) is 9.95. The molecule has 0 aliphatic carbocycles. The maximum atomic E-state index is 8.56. The van der Waals surface area contributed by atoms with E-state index in [0.29, 0.717) is 6.61 Å². The summed E-state index contributed by atoms with van der Waals surface area (Å²) in [6, 6.07) is 0. The van der Waals surface area contributed by atoms with Gasteiger partial charge in [0.1, 0.15) is 0 Å². The Labute approximate surface area is 93.4 Å². The van der Waals surface area contributed by atoms with Crippen molar-refractivity contribution in [1.29, 1.82) is 0 Å². The molecule has 1 aliphatic heterocycles. The van der Waals surface area contributed by atoms with E-state index in [4.69, 9.17) is 9.84 Å². The third-order valence-electron chi connectivity index (χ3n) is 3.19. The zero-order valence-electron chi connectivity index (χ0n) is 9.95. The molecule has 1 fully saturated rings. The molecule has 0 aromatic rings. The number of hydrogen-bond acceptors (Lipinski definition) is 3. The summed E-state index contributed by atoms with van der Waals surface area (Å²) in [7, 11) is 0. The molecule has 0 saturated carbocycles. The predicted octanol–water partition coefficient (Wildman–Crippen LogP) is 1.51. The highest BCUT2D eigenvalue weighted by molar-refractivity contribution is 4.71. The van der Waals surface area contributed by atoms with E-state index in [1.54, 1.807) is 0 Å². The number of ether oxygens (including phenoxy) is 1. The van der Waals surface area contributed by atoms with E-state index >= 15 is 0 Å². The molecule has 15 heavy (non-hydrogen) atoms. The van der Waals surface area contributed by atoms with Gasteiger partial charge in [0.05, 0.1) is 19.8 Å². The Morgan fingerprint density at radius 3 is 2.60 bits per heavy atom. The van der Waals surface area contributed by atoms with Crippen molar-refractivity contribution in [3.63, 3.8) is 0 Å². The van der Waals surface area contributed by atoms with Crippen molar-refractivity contribution in [2.45, 2.75) is 32.6 Å². The molecule has 0 spiro atoms. The Balaban J connectivity index is 1.99. The number of aliphatic hydroxyl groups is 1. The molecule has 1 saturated heterocycles. The molecule has 3 nitrogen and oxygen atoms in total. The van der Waals surface area contributed by atoms with Crippen LogP contribution >= 0.6 is 0 Å². The second-order valence-electron chi connectivity index (χ2n) is 4.41. The summed E-state index contributed by atoms with van der Waals surface area (Å²) in [5.74, 6) is 0.963. The first-order chi connectivity index (χ1) is 7.36. The summed E-state index contributed by atoms with van der Waals surface area (Å²) in [5.41, 5.74) is 0. The van der Waals surface area contributed by atoms with Gasteiger partial charge in [-0.1, -0.05) is 19.8 Å². The first kappa shape index (κ1) is 12.9. The van der Waals surface area contributed by atoms with Crippen LogP contribution in [0.5, 0.6) is 0 Å². The van der Waals surface area contributed by atoms with Crippen LogP contribution in [0.3, 0.4) is 0 Å². The fourth-order valence-electron chi connectivity index (χ4n) is 2.27. The van der Waals surface area contributed by atoms with Crippen molar-refractivity contribution >= 4 is 0 Å². The van der Waals surface area contributed by atoms with Crippen LogP contribution in [0.2, 0.25) is 0 Å². The van der Waals surface area contributed by atoms with Gasteiger partial charge in [-0.2, -0.15) is 0 Å². The average Bonchev–Trinajstić information content (AvgIpc) is 2.27. The molecule has 0 radical (unpaired) electrons. The first-order valence-electron chi connectivity index (χ1n) is 6.27. The molecule has 0 bridgehead atoms. The van der Waals surface area contributed by atoms with E-state index in [-0.39, 0.29) is 6.61 Å². The number of hydrogen-bond donors (Lipinski definition) is 1. The Bertz CT molecular complexity index is 142. The van der Waals surface area contributed by atoms with Crippen LogP contribution in [-0.2, 0) is 4.74 Å². The maximum Gasteiger partial charge on any atom is 0.0698 e. The minimum absolute atomic E-state index is 0.137. The Morgan fingerprint density at radius 2 is 2.00 bits per heavy atom. The summed E-state index contributed by atoms with van der Waals surface area (Å²) in [6.45, 7) is 7.14. The molecule has 3 heteroatoms. The number of nitrogens with zero attached hydrogens (tertiary/aromatic N) is 1. The Hall–Kier alpha value is -0.120. The topological polar surface area (TPSA) is 32.7 Å². The molecule has 1 heterocycles. The van der Waals surface area contributed by atoms with Gasteiger partial charge >= 0.3 is 0 Å². The van der Waals surface area contributed by atoms with Gasteiger partial charge < -0.3 is 14.7 Å². The van der Waals surface area contributed by atoms with Crippen molar-refractivity contribution in [2.24, 2.45) is 5.92 Å². The lowest BCUT2D eigenvalue weighted by atomic mass is 9.92. The van der Waals surface area contributed by atoms with E-state index in [1.807, 2.05) is 0 Å². The number of rotatable bonds is 7. The largest absolute Gasteiger partial charge is 0.394 e. The number of likely N-dealkylation sites (tertiary alicyclic amines) is 1. The summed E-state index contributed by atoms with van der Waals surface area (Å²) in [5, 5.41) is 8.56. The van der Waals surface area contributed by atoms with Crippen molar-refractivity contribution in [1.82, 2.24) is 4.90 Å². The van der Waals surface area contributed by atoms with Crippen LogP contribution in [-0.4, -0.2) is 49.5 Å². The lowest BCUT2D eigenvalue weighted by Gasteiger charge is -2.31. The molecule has 1 aliphatic rings. The highest BCUT2D eigenvalue weighted by atomic mass is 16.5. The van der Waals surface area contributed by atoms with Crippen molar-refractivity contribution < 1.29 is 9.84 Å². The molecule has 90 valence electrons. The minimum Gasteiger partial charge on any atom is -0.394 e. The molecule has 0 aromatic carbocycles. The van der Waals surface area contributed by atoms with Gasteiger partial charge in [0.2, 0.25) is 0 Å². The normalized spacial score (nSPS) is 19.6. The van der Waals surface area contributed by atoms with Gasteiger partial charge in [-0.05, 0) is 31.8 Å². The van der Waals surface area contributed by atoms with Crippen LogP contribution in [0, 0.1) is 5.92 Å². The standard InChI is InChI=1S/C12H25NO2/c1-2-3-12-4-6-13(7-5-12)8-10-15-11-9-14/h12,14H,2-11H2,1H3. The van der Waals surface area contributed by atoms with Crippen LogP contribution < -0.4 is 0 Å². The van der Waals surface area contributed by atoms with Crippen molar-refractivity contribution in [3.05, 3.63) is 0 Å². The van der Waals surface area contributed by atoms with Crippen molar-refractivity contribution in [2.75, 3.05) is 39.5 Å². The fraction of sp³-hybridized carbons (Fsp3) is 1.00. The molecule has 0 amide bonds. The van der Waals surface area contributed by atoms with Crippen LogP contribution in [0.1, 0.15) is 32.6 Å². The Morgan fingerprint density at radius 1 is 1.27 bits per heavy atom. The summed E-state index contributed by atoms with van der Waals surface area (Å²) >= 11 is 0. The summed E-state index contributed by atoms with van der Waals surface area (Å²) in [4.78, 5) is 2.48. The second-order valence-corrected chi connectivity index (χ2v) is 4.41. The highest BCUT2D eigenvalue weighted by Gasteiger charge is 2.17. The van der Waals surface area contributed by atoms with Crippen LogP contribution in [0.15, 0.2) is 0 Å². The van der Waals surface area contributed by atoms with E-state index in [2.05, 4.69) is 11.8 Å². The van der Waals surface area contributed by atoms with Crippen molar-refractivity contribution in [3.8, 4) is 0 Å². The van der Waals surface area contributed by atoms with Gasteiger partial charge in [-0.3, -0.25) is 0 Å². The first-order valence-corrected chi connectivity index (χ1v) is 6.27. The molecule has 1 rings (SSSR count).